The summed E-state index contributed by atoms with van der Waals surface area (Å²) in [6, 6.07) is 4.97. The molecule has 0 amide bonds. The molecule has 1 saturated carbocycles. The number of carbonyl (C=O) groups is 1. The zero-order valence-corrected chi connectivity index (χ0v) is 21.5. The van der Waals surface area contributed by atoms with Gasteiger partial charge < -0.3 is 33.6 Å². The Bertz CT molecular complexity index is 1440. The lowest BCUT2D eigenvalue weighted by Gasteiger charge is -2.68. The number of ketones is 1. The Morgan fingerprint density at radius 1 is 0.946 bits per heavy atom. The molecule has 1 fully saturated rings. The quantitative estimate of drug-likeness (QED) is 0.627. The first-order valence-electron chi connectivity index (χ1n) is 12.3. The maximum absolute atomic E-state index is 13.4. The second-order valence-electron chi connectivity index (χ2n) is 11.4. The number of hydrogen-bond acceptors (Lipinski definition) is 9. The molecule has 6 rings (SSSR count). The third-order valence-corrected chi connectivity index (χ3v) is 9.42. The highest BCUT2D eigenvalue weighted by Crippen LogP contribution is 2.65. The summed E-state index contributed by atoms with van der Waals surface area (Å²) in [5, 5.41) is 24.3. The van der Waals surface area contributed by atoms with E-state index < -0.39 is 39.0 Å². The first-order chi connectivity index (χ1) is 17.3. The summed E-state index contributed by atoms with van der Waals surface area (Å²) in [6.45, 7) is 7.06. The highest BCUT2D eigenvalue weighted by molar-refractivity contribution is 5.98. The second-order valence-corrected chi connectivity index (χ2v) is 11.4. The molecular weight excluding hydrogens is 480 g/mol. The Morgan fingerprint density at radius 3 is 2.43 bits per heavy atom. The van der Waals surface area contributed by atoms with Crippen LogP contribution in [-0.4, -0.2) is 46.7 Å². The maximum atomic E-state index is 13.4. The van der Waals surface area contributed by atoms with Crippen LogP contribution in [0.2, 0.25) is 0 Å². The molecule has 4 aliphatic rings. The van der Waals surface area contributed by atoms with Gasteiger partial charge in [0.25, 0.3) is 0 Å². The molecule has 0 saturated heterocycles. The van der Waals surface area contributed by atoms with Crippen LogP contribution in [0.1, 0.15) is 46.1 Å². The number of allylic oxidation sites excluding steroid dienone is 1. The van der Waals surface area contributed by atoms with Gasteiger partial charge in [0.15, 0.2) is 17.3 Å². The summed E-state index contributed by atoms with van der Waals surface area (Å²) in [5.74, 6) is 1.45. The fourth-order valence-electron chi connectivity index (χ4n) is 6.87. The summed E-state index contributed by atoms with van der Waals surface area (Å²) in [6.07, 6.45) is 3.41. The van der Waals surface area contributed by atoms with Crippen LogP contribution >= 0.6 is 0 Å². The van der Waals surface area contributed by atoms with E-state index in [2.05, 4.69) is 0 Å². The number of rotatable bonds is 2. The minimum Gasteiger partial charge on any atom is -0.493 e. The van der Waals surface area contributed by atoms with Gasteiger partial charge in [-0.05, 0) is 44.9 Å². The Labute approximate surface area is 213 Å². The molecule has 2 aliphatic carbocycles. The average Bonchev–Trinajstić information content (AvgIpc) is 3.33. The Hall–Kier alpha value is -3.30. The summed E-state index contributed by atoms with van der Waals surface area (Å²) < 4.78 is 28.4. The predicted molar refractivity (Wildman–Crippen MR) is 131 cm³/mol. The van der Waals surface area contributed by atoms with Gasteiger partial charge in [0.2, 0.25) is 12.5 Å². The van der Waals surface area contributed by atoms with E-state index in [0.29, 0.717) is 22.8 Å². The van der Waals surface area contributed by atoms with Gasteiger partial charge in [-0.25, -0.2) is 4.79 Å². The topological polar surface area (TPSA) is 125 Å². The molecule has 196 valence electrons. The Kier molecular flexibility index (Phi) is 4.66. The summed E-state index contributed by atoms with van der Waals surface area (Å²) in [4.78, 5) is 26.8. The van der Waals surface area contributed by atoms with Crippen LogP contribution in [0, 0.1) is 10.8 Å². The van der Waals surface area contributed by atoms with Crippen molar-refractivity contribution in [1.82, 2.24) is 0 Å². The van der Waals surface area contributed by atoms with Crippen LogP contribution < -0.4 is 24.6 Å². The number of carbonyl (C=O) groups excluding carboxylic acids is 1. The highest BCUT2D eigenvalue weighted by atomic mass is 16.7. The van der Waals surface area contributed by atoms with Crippen LogP contribution in [0.3, 0.4) is 0 Å². The molecule has 0 radical (unpaired) electrons. The maximum Gasteiger partial charge on any atom is 0.343 e. The zero-order valence-electron chi connectivity index (χ0n) is 21.5. The van der Waals surface area contributed by atoms with Crippen LogP contribution in [0.25, 0.3) is 11.3 Å². The predicted octanol–water partition coefficient (Wildman–Crippen LogP) is 3.17. The van der Waals surface area contributed by atoms with Crippen molar-refractivity contribution in [3.8, 4) is 34.3 Å². The van der Waals surface area contributed by atoms with Gasteiger partial charge in [-0.1, -0.05) is 19.9 Å². The Morgan fingerprint density at radius 2 is 1.70 bits per heavy atom. The Balaban J connectivity index is 1.49. The summed E-state index contributed by atoms with van der Waals surface area (Å²) in [5.41, 5.74) is -7.16. The van der Waals surface area contributed by atoms with E-state index in [-0.39, 0.29) is 43.1 Å². The molecular formula is C28H30O9. The molecule has 0 bridgehead atoms. The number of fused-ring (bicyclic) bond motifs is 5. The van der Waals surface area contributed by atoms with Crippen LogP contribution in [0.15, 0.2) is 39.6 Å². The smallest absolute Gasteiger partial charge is 0.343 e. The molecule has 1 aromatic carbocycles. The fraction of sp³-hybridized carbons (Fsp3) is 0.500. The molecule has 2 aliphatic heterocycles. The number of benzene rings is 1. The fourth-order valence-corrected chi connectivity index (χ4v) is 6.87. The zero-order chi connectivity index (χ0) is 26.6. The van der Waals surface area contributed by atoms with Crippen molar-refractivity contribution in [3.63, 3.8) is 0 Å². The number of aliphatic hydroxyl groups is 2. The number of hydrogen-bond donors (Lipinski definition) is 2. The molecule has 9 heteroatoms. The van der Waals surface area contributed by atoms with E-state index in [1.165, 1.54) is 13.2 Å². The van der Waals surface area contributed by atoms with Crippen molar-refractivity contribution in [3.05, 3.63) is 46.3 Å². The van der Waals surface area contributed by atoms with Crippen molar-refractivity contribution in [2.24, 2.45) is 10.8 Å². The highest BCUT2D eigenvalue weighted by Gasteiger charge is 2.77. The third-order valence-electron chi connectivity index (χ3n) is 9.42. The van der Waals surface area contributed by atoms with Crippen LogP contribution in [0.4, 0.5) is 0 Å². The molecule has 0 spiro atoms. The molecule has 4 atom stereocenters. The number of ether oxygens (including phenoxy) is 4. The van der Waals surface area contributed by atoms with Gasteiger partial charge in [0, 0.05) is 23.5 Å². The lowest BCUT2D eigenvalue weighted by Crippen LogP contribution is -2.81. The van der Waals surface area contributed by atoms with E-state index in [4.69, 9.17) is 23.4 Å². The SMILES string of the molecule is COc1cc(-c2cc3c(c(=O)o2)C[C@]2(O)[C@@]4(C)C(=O)C=CC(C)(C)[C@]4(O)CC[C@@]2(C)O3)cc2c1OCO2. The van der Waals surface area contributed by atoms with Crippen molar-refractivity contribution < 1.29 is 38.4 Å². The van der Waals surface area contributed by atoms with Crippen molar-refractivity contribution in [1.29, 1.82) is 0 Å². The normalized spacial score (nSPS) is 34.7. The lowest BCUT2D eigenvalue weighted by atomic mass is 9.41. The van der Waals surface area contributed by atoms with E-state index in [1.807, 2.05) is 13.8 Å². The minimum atomic E-state index is -1.88. The van der Waals surface area contributed by atoms with Crippen LogP contribution in [0.5, 0.6) is 23.0 Å². The molecule has 1 aromatic heterocycles. The average molecular weight is 511 g/mol. The molecule has 3 heterocycles. The first-order valence-corrected chi connectivity index (χ1v) is 12.3. The minimum absolute atomic E-state index is 0.0547. The lowest BCUT2D eigenvalue weighted by molar-refractivity contribution is -0.297. The molecule has 2 aromatic rings. The molecule has 37 heavy (non-hydrogen) atoms. The van der Waals surface area contributed by atoms with Crippen LogP contribution in [-0.2, 0) is 11.2 Å². The molecule has 9 nitrogen and oxygen atoms in total. The van der Waals surface area contributed by atoms with Gasteiger partial charge in [0.05, 0.1) is 23.7 Å². The largest absolute Gasteiger partial charge is 0.493 e. The summed E-state index contributed by atoms with van der Waals surface area (Å²) in [7, 11) is 1.50. The third kappa shape index (κ3) is 2.76. The summed E-state index contributed by atoms with van der Waals surface area (Å²) >= 11 is 0. The van der Waals surface area contributed by atoms with Crippen molar-refractivity contribution in [2.75, 3.05) is 13.9 Å². The monoisotopic (exact) mass is 510 g/mol. The van der Waals surface area contributed by atoms with Gasteiger partial charge in [-0.3, -0.25) is 4.79 Å². The number of methoxy groups -OCH3 is 1. The van der Waals surface area contributed by atoms with E-state index in [1.54, 1.807) is 38.1 Å². The van der Waals surface area contributed by atoms with Crippen molar-refractivity contribution >= 4 is 5.78 Å². The van der Waals surface area contributed by atoms with Gasteiger partial charge >= 0.3 is 5.63 Å². The molecule has 2 N–H and O–H groups in total. The van der Waals surface area contributed by atoms with Crippen molar-refractivity contribution in [2.45, 2.75) is 63.8 Å². The first kappa shape index (κ1) is 24.1. The van der Waals surface area contributed by atoms with Gasteiger partial charge in [-0.2, -0.15) is 0 Å². The van der Waals surface area contributed by atoms with Gasteiger partial charge in [-0.15, -0.1) is 0 Å². The second kappa shape index (κ2) is 7.17. The van der Waals surface area contributed by atoms with E-state index in [0.717, 1.165) is 0 Å². The van der Waals surface area contributed by atoms with E-state index in [9.17, 15) is 19.8 Å². The standard InChI is InChI=1S/C28H30O9/c1-24(2)7-6-21(29)26(4)27(24,31)9-8-25(3)28(26,32)13-16-18(37-25)12-17(36-23(16)30)15-10-19(33-5)22-20(11-15)34-14-35-22/h6-7,10-12,31-32H,8-9,13-14H2,1-5H3/t25-,26+,27-,28-/m1/s1. The van der Waals surface area contributed by atoms with E-state index >= 15 is 0 Å². The van der Waals surface area contributed by atoms with Gasteiger partial charge in [0.1, 0.15) is 22.7 Å². The molecule has 0 unspecified atom stereocenters.